The third-order valence-corrected chi connectivity index (χ3v) is 2.85. The summed E-state index contributed by atoms with van der Waals surface area (Å²) in [6.07, 6.45) is 1.76. The summed E-state index contributed by atoms with van der Waals surface area (Å²) in [6.45, 7) is 6.39. The molecule has 4 heteroatoms. The summed E-state index contributed by atoms with van der Waals surface area (Å²) in [5, 5.41) is 0. The number of aryl methyl sites for hydroxylation is 3. The van der Waals surface area contributed by atoms with Gasteiger partial charge in [0.15, 0.2) is 5.82 Å². The van der Waals surface area contributed by atoms with E-state index < -0.39 is 0 Å². The second-order valence-electron chi connectivity index (χ2n) is 4.07. The van der Waals surface area contributed by atoms with Crippen molar-refractivity contribution in [2.75, 3.05) is 0 Å². The number of nitrogens with zero attached hydrogens (tertiary/aromatic N) is 3. The molecule has 2 aromatic rings. The first kappa shape index (κ1) is 11.7. The number of rotatable bonds is 2. The lowest BCUT2D eigenvalue weighted by atomic mass is 10.1. The smallest absolute Gasteiger partial charge is 0.178 e. The SMILES string of the molecule is Cc1cccnc1-c1nc(C)c(CN)c(C)n1. The average Bonchev–Trinajstić information content (AvgIpc) is 2.29. The van der Waals surface area contributed by atoms with E-state index in [4.69, 9.17) is 5.73 Å². The molecule has 0 saturated carbocycles. The number of aromatic nitrogens is 3. The van der Waals surface area contributed by atoms with E-state index in [9.17, 15) is 0 Å². The van der Waals surface area contributed by atoms with Crippen molar-refractivity contribution in [3.63, 3.8) is 0 Å². The zero-order chi connectivity index (χ0) is 12.4. The Bertz CT molecular complexity index is 526. The van der Waals surface area contributed by atoms with Crippen LogP contribution in [-0.4, -0.2) is 15.0 Å². The Morgan fingerprint density at radius 2 is 1.76 bits per heavy atom. The Morgan fingerprint density at radius 3 is 2.29 bits per heavy atom. The van der Waals surface area contributed by atoms with Crippen LogP contribution in [0.1, 0.15) is 22.5 Å². The summed E-state index contributed by atoms with van der Waals surface area (Å²) in [6, 6.07) is 3.92. The third-order valence-electron chi connectivity index (χ3n) is 2.85. The molecule has 2 heterocycles. The molecule has 0 spiro atoms. The average molecular weight is 228 g/mol. The van der Waals surface area contributed by atoms with E-state index in [2.05, 4.69) is 15.0 Å². The van der Waals surface area contributed by atoms with Crippen molar-refractivity contribution in [2.24, 2.45) is 5.73 Å². The van der Waals surface area contributed by atoms with Crippen molar-refractivity contribution in [2.45, 2.75) is 27.3 Å². The summed E-state index contributed by atoms with van der Waals surface area (Å²) in [5.74, 6) is 0.676. The lowest BCUT2D eigenvalue weighted by molar-refractivity contribution is 0.933. The Kier molecular flexibility index (Phi) is 3.15. The first-order chi connectivity index (χ1) is 8.13. The van der Waals surface area contributed by atoms with Gasteiger partial charge in [-0.15, -0.1) is 0 Å². The Labute approximate surface area is 101 Å². The first-order valence-corrected chi connectivity index (χ1v) is 5.59. The number of hydrogen-bond donors (Lipinski definition) is 1. The highest BCUT2D eigenvalue weighted by Crippen LogP contribution is 2.19. The topological polar surface area (TPSA) is 64.7 Å². The van der Waals surface area contributed by atoms with Crippen LogP contribution in [0.25, 0.3) is 11.5 Å². The molecular formula is C13H16N4. The Balaban J connectivity index is 2.59. The normalized spacial score (nSPS) is 10.6. The van der Waals surface area contributed by atoms with Gasteiger partial charge in [-0.2, -0.15) is 0 Å². The summed E-state index contributed by atoms with van der Waals surface area (Å²) in [4.78, 5) is 13.3. The van der Waals surface area contributed by atoms with E-state index in [0.29, 0.717) is 12.4 Å². The zero-order valence-corrected chi connectivity index (χ0v) is 10.4. The van der Waals surface area contributed by atoms with Crippen LogP contribution in [-0.2, 0) is 6.54 Å². The van der Waals surface area contributed by atoms with Gasteiger partial charge in [0.25, 0.3) is 0 Å². The highest BCUT2D eigenvalue weighted by atomic mass is 14.9. The van der Waals surface area contributed by atoms with E-state index in [1.807, 2.05) is 32.9 Å². The fraction of sp³-hybridized carbons (Fsp3) is 0.308. The van der Waals surface area contributed by atoms with E-state index in [1.54, 1.807) is 6.20 Å². The highest BCUT2D eigenvalue weighted by Gasteiger charge is 2.11. The minimum Gasteiger partial charge on any atom is -0.326 e. The Morgan fingerprint density at radius 1 is 1.12 bits per heavy atom. The van der Waals surface area contributed by atoms with Crippen LogP contribution >= 0.6 is 0 Å². The molecule has 0 aromatic carbocycles. The van der Waals surface area contributed by atoms with Gasteiger partial charge in [-0.3, -0.25) is 4.98 Å². The van der Waals surface area contributed by atoms with Crippen LogP contribution < -0.4 is 5.73 Å². The molecular weight excluding hydrogens is 212 g/mol. The molecule has 17 heavy (non-hydrogen) atoms. The van der Waals surface area contributed by atoms with Gasteiger partial charge in [-0.05, 0) is 32.4 Å². The third kappa shape index (κ3) is 2.17. The van der Waals surface area contributed by atoms with E-state index in [0.717, 1.165) is 28.2 Å². The molecule has 2 N–H and O–H groups in total. The van der Waals surface area contributed by atoms with Crippen molar-refractivity contribution in [3.8, 4) is 11.5 Å². The molecule has 0 aliphatic heterocycles. The number of pyridine rings is 1. The first-order valence-electron chi connectivity index (χ1n) is 5.59. The summed E-state index contributed by atoms with van der Waals surface area (Å²) in [7, 11) is 0. The summed E-state index contributed by atoms with van der Waals surface area (Å²) < 4.78 is 0. The van der Waals surface area contributed by atoms with Crippen molar-refractivity contribution >= 4 is 0 Å². The molecule has 0 aliphatic rings. The molecule has 0 amide bonds. The van der Waals surface area contributed by atoms with Gasteiger partial charge in [-0.25, -0.2) is 9.97 Å². The summed E-state index contributed by atoms with van der Waals surface area (Å²) >= 11 is 0. The van der Waals surface area contributed by atoms with Crippen LogP contribution in [0.4, 0.5) is 0 Å². The number of nitrogens with two attached hydrogens (primary N) is 1. The molecule has 0 radical (unpaired) electrons. The van der Waals surface area contributed by atoms with Crippen LogP contribution in [0.5, 0.6) is 0 Å². The fourth-order valence-electron chi connectivity index (χ4n) is 1.86. The highest BCUT2D eigenvalue weighted by molar-refractivity contribution is 5.54. The molecule has 0 fully saturated rings. The minimum atomic E-state index is 0.471. The van der Waals surface area contributed by atoms with Gasteiger partial charge in [0.2, 0.25) is 0 Å². The van der Waals surface area contributed by atoms with Crippen LogP contribution in [0, 0.1) is 20.8 Å². The zero-order valence-electron chi connectivity index (χ0n) is 10.4. The van der Waals surface area contributed by atoms with Crippen molar-refractivity contribution in [1.29, 1.82) is 0 Å². The number of hydrogen-bond acceptors (Lipinski definition) is 4. The van der Waals surface area contributed by atoms with Gasteiger partial charge in [-0.1, -0.05) is 6.07 Å². The molecule has 88 valence electrons. The molecule has 0 bridgehead atoms. The van der Waals surface area contributed by atoms with Crippen LogP contribution in [0.15, 0.2) is 18.3 Å². The molecule has 0 unspecified atom stereocenters. The maximum absolute atomic E-state index is 5.67. The van der Waals surface area contributed by atoms with E-state index in [1.165, 1.54) is 0 Å². The lowest BCUT2D eigenvalue weighted by Gasteiger charge is -2.09. The van der Waals surface area contributed by atoms with Gasteiger partial charge in [0, 0.05) is 29.7 Å². The Hall–Kier alpha value is -1.81. The van der Waals surface area contributed by atoms with E-state index >= 15 is 0 Å². The van der Waals surface area contributed by atoms with Gasteiger partial charge in [0.05, 0.1) is 0 Å². The standard InChI is InChI=1S/C13H16N4/c1-8-5-4-6-15-12(8)13-16-9(2)11(7-14)10(3)17-13/h4-6H,7,14H2,1-3H3. The minimum absolute atomic E-state index is 0.471. The molecule has 2 rings (SSSR count). The quantitative estimate of drug-likeness (QED) is 0.853. The monoisotopic (exact) mass is 228 g/mol. The van der Waals surface area contributed by atoms with Crippen molar-refractivity contribution in [1.82, 2.24) is 15.0 Å². The van der Waals surface area contributed by atoms with Gasteiger partial charge in [0.1, 0.15) is 5.69 Å². The van der Waals surface area contributed by atoms with Crippen LogP contribution in [0.2, 0.25) is 0 Å². The largest absolute Gasteiger partial charge is 0.326 e. The van der Waals surface area contributed by atoms with Gasteiger partial charge < -0.3 is 5.73 Å². The maximum Gasteiger partial charge on any atom is 0.178 e. The lowest BCUT2D eigenvalue weighted by Crippen LogP contribution is -2.08. The summed E-state index contributed by atoms with van der Waals surface area (Å²) in [5.41, 5.74) is 10.5. The van der Waals surface area contributed by atoms with Gasteiger partial charge >= 0.3 is 0 Å². The maximum atomic E-state index is 5.67. The predicted molar refractivity (Wildman–Crippen MR) is 67.4 cm³/mol. The van der Waals surface area contributed by atoms with Crippen molar-refractivity contribution < 1.29 is 0 Å². The molecule has 0 atom stereocenters. The van der Waals surface area contributed by atoms with E-state index in [-0.39, 0.29) is 0 Å². The second-order valence-corrected chi connectivity index (χ2v) is 4.07. The van der Waals surface area contributed by atoms with Crippen molar-refractivity contribution in [3.05, 3.63) is 40.8 Å². The second kappa shape index (κ2) is 4.59. The molecule has 2 aromatic heterocycles. The van der Waals surface area contributed by atoms with Crippen LogP contribution in [0.3, 0.4) is 0 Å². The molecule has 4 nitrogen and oxygen atoms in total. The fourth-order valence-corrected chi connectivity index (χ4v) is 1.86. The molecule has 0 saturated heterocycles. The predicted octanol–water partition coefficient (Wildman–Crippen LogP) is 1.92. The molecule has 0 aliphatic carbocycles.